The van der Waals surface area contributed by atoms with E-state index in [4.69, 9.17) is 0 Å². The standard InChI is InChI=1S/C18H15FN6O/c1-9-10(2)24-25-16(9)18(26)22-13-5-12-6-14(23-17(12)21-8-13)11-3-4-20-15(19)7-11/h3-8H,1-2H3,(H,21,23)(H,22,26)(H,24,25). The number of aryl methyl sites for hydroxylation is 1. The average molecular weight is 350 g/mol. The SMILES string of the molecule is Cc1[nH]nc(C(=O)Nc2cnc3[nH]c(-c4ccnc(F)c4)cc3c2)c1C. The lowest BCUT2D eigenvalue weighted by Crippen LogP contribution is -2.13. The van der Waals surface area contributed by atoms with Crippen LogP contribution >= 0.6 is 0 Å². The molecule has 8 heteroatoms. The topological polar surface area (TPSA) is 99.4 Å². The van der Waals surface area contributed by atoms with Crippen LogP contribution in [0.3, 0.4) is 0 Å². The molecular weight excluding hydrogens is 335 g/mol. The molecule has 0 aliphatic heterocycles. The summed E-state index contributed by atoms with van der Waals surface area (Å²) in [4.78, 5) is 23.4. The normalized spacial score (nSPS) is 11.0. The zero-order chi connectivity index (χ0) is 18.3. The van der Waals surface area contributed by atoms with Gasteiger partial charge in [0, 0.05) is 40.2 Å². The number of hydrogen-bond donors (Lipinski definition) is 3. The first-order valence-corrected chi connectivity index (χ1v) is 7.95. The molecule has 3 N–H and O–H groups in total. The number of fused-ring (bicyclic) bond motifs is 1. The first-order chi connectivity index (χ1) is 12.5. The summed E-state index contributed by atoms with van der Waals surface area (Å²) in [5, 5.41) is 10.4. The molecule has 7 nitrogen and oxygen atoms in total. The smallest absolute Gasteiger partial charge is 0.276 e. The highest BCUT2D eigenvalue weighted by Crippen LogP contribution is 2.25. The van der Waals surface area contributed by atoms with Crippen molar-refractivity contribution in [1.82, 2.24) is 25.1 Å². The fourth-order valence-corrected chi connectivity index (χ4v) is 2.71. The maximum absolute atomic E-state index is 13.3. The Hall–Kier alpha value is -3.55. The Morgan fingerprint density at radius 1 is 1.19 bits per heavy atom. The highest BCUT2D eigenvalue weighted by molar-refractivity contribution is 6.04. The molecule has 0 saturated carbocycles. The molecule has 4 aromatic heterocycles. The number of pyridine rings is 2. The minimum absolute atomic E-state index is 0.306. The second-order valence-electron chi connectivity index (χ2n) is 5.99. The van der Waals surface area contributed by atoms with E-state index in [9.17, 15) is 9.18 Å². The van der Waals surface area contributed by atoms with Crippen LogP contribution in [0.5, 0.6) is 0 Å². The summed E-state index contributed by atoms with van der Waals surface area (Å²) >= 11 is 0. The molecule has 0 unspecified atom stereocenters. The van der Waals surface area contributed by atoms with Gasteiger partial charge in [0.05, 0.1) is 11.9 Å². The lowest BCUT2D eigenvalue weighted by Gasteiger charge is -2.03. The predicted molar refractivity (Wildman–Crippen MR) is 95.3 cm³/mol. The molecule has 4 rings (SSSR count). The van der Waals surface area contributed by atoms with Crippen LogP contribution in [-0.4, -0.2) is 31.1 Å². The number of aromatic nitrogens is 5. The number of carbonyl (C=O) groups is 1. The molecule has 26 heavy (non-hydrogen) atoms. The van der Waals surface area contributed by atoms with Gasteiger partial charge in [-0.1, -0.05) is 0 Å². The first-order valence-electron chi connectivity index (χ1n) is 7.95. The number of halogens is 1. The fourth-order valence-electron chi connectivity index (χ4n) is 2.71. The van der Waals surface area contributed by atoms with Gasteiger partial charge in [-0.3, -0.25) is 9.89 Å². The molecule has 4 aromatic rings. The molecule has 0 aliphatic rings. The van der Waals surface area contributed by atoms with Crippen LogP contribution < -0.4 is 5.32 Å². The van der Waals surface area contributed by atoms with Gasteiger partial charge in [-0.05, 0) is 32.0 Å². The van der Waals surface area contributed by atoms with E-state index in [1.54, 1.807) is 18.3 Å². The van der Waals surface area contributed by atoms with Gasteiger partial charge in [-0.15, -0.1) is 0 Å². The third-order valence-corrected chi connectivity index (χ3v) is 4.23. The van der Waals surface area contributed by atoms with Gasteiger partial charge in [-0.25, -0.2) is 9.97 Å². The summed E-state index contributed by atoms with van der Waals surface area (Å²) in [5.41, 5.74) is 4.59. The Balaban J connectivity index is 1.63. The van der Waals surface area contributed by atoms with E-state index in [2.05, 4.69) is 30.5 Å². The number of amides is 1. The van der Waals surface area contributed by atoms with Gasteiger partial charge < -0.3 is 10.3 Å². The van der Waals surface area contributed by atoms with E-state index in [1.165, 1.54) is 12.3 Å². The van der Waals surface area contributed by atoms with Crippen molar-refractivity contribution >= 4 is 22.6 Å². The number of aromatic amines is 2. The van der Waals surface area contributed by atoms with Crippen LogP contribution in [0.4, 0.5) is 10.1 Å². The maximum Gasteiger partial charge on any atom is 0.276 e. The van der Waals surface area contributed by atoms with E-state index < -0.39 is 5.95 Å². The van der Waals surface area contributed by atoms with E-state index in [1.807, 2.05) is 19.9 Å². The Morgan fingerprint density at radius 2 is 2.04 bits per heavy atom. The van der Waals surface area contributed by atoms with Crippen molar-refractivity contribution in [3.05, 3.63) is 59.6 Å². The van der Waals surface area contributed by atoms with E-state index in [0.717, 1.165) is 22.3 Å². The lowest BCUT2D eigenvalue weighted by molar-refractivity contribution is 0.102. The molecule has 0 saturated heterocycles. The van der Waals surface area contributed by atoms with Crippen LogP contribution in [-0.2, 0) is 0 Å². The van der Waals surface area contributed by atoms with Crippen molar-refractivity contribution in [1.29, 1.82) is 0 Å². The number of H-pyrrole nitrogens is 2. The van der Waals surface area contributed by atoms with Crippen molar-refractivity contribution in [3.63, 3.8) is 0 Å². The summed E-state index contributed by atoms with van der Waals surface area (Å²) in [6, 6.07) is 6.69. The second kappa shape index (κ2) is 6.07. The van der Waals surface area contributed by atoms with Gasteiger partial charge in [0.1, 0.15) is 5.65 Å². The molecule has 0 fully saturated rings. The van der Waals surface area contributed by atoms with Gasteiger partial charge in [0.2, 0.25) is 5.95 Å². The van der Waals surface area contributed by atoms with Crippen molar-refractivity contribution in [2.45, 2.75) is 13.8 Å². The largest absolute Gasteiger partial charge is 0.339 e. The number of carbonyl (C=O) groups excluding carboxylic acids is 1. The van der Waals surface area contributed by atoms with Crippen LogP contribution in [0.2, 0.25) is 0 Å². The second-order valence-corrected chi connectivity index (χ2v) is 5.99. The number of nitrogens with one attached hydrogen (secondary N) is 3. The highest BCUT2D eigenvalue weighted by Gasteiger charge is 2.15. The molecule has 4 heterocycles. The zero-order valence-corrected chi connectivity index (χ0v) is 14.1. The molecule has 0 radical (unpaired) electrons. The van der Waals surface area contributed by atoms with E-state index >= 15 is 0 Å². The lowest BCUT2D eigenvalue weighted by atomic mass is 10.2. The summed E-state index contributed by atoms with van der Waals surface area (Å²) < 4.78 is 13.3. The van der Waals surface area contributed by atoms with Gasteiger partial charge in [0.25, 0.3) is 5.91 Å². The summed E-state index contributed by atoms with van der Waals surface area (Å²) in [7, 11) is 0. The van der Waals surface area contributed by atoms with E-state index in [0.29, 0.717) is 22.6 Å². The van der Waals surface area contributed by atoms with E-state index in [-0.39, 0.29) is 5.91 Å². The third kappa shape index (κ3) is 2.81. The van der Waals surface area contributed by atoms with Crippen molar-refractivity contribution in [2.75, 3.05) is 5.32 Å². The van der Waals surface area contributed by atoms with Crippen LogP contribution in [0.1, 0.15) is 21.7 Å². The number of rotatable bonds is 3. The van der Waals surface area contributed by atoms with Crippen molar-refractivity contribution in [2.24, 2.45) is 0 Å². The van der Waals surface area contributed by atoms with Crippen LogP contribution in [0.25, 0.3) is 22.3 Å². The highest BCUT2D eigenvalue weighted by atomic mass is 19.1. The predicted octanol–water partition coefficient (Wildman–Crippen LogP) is 3.36. The third-order valence-electron chi connectivity index (χ3n) is 4.23. The van der Waals surface area contributed by atoms with Crippen molar-refractivity contribution in [3.8, 4) is 11.3 Å². The molecule has 0 aliphatic carbocycles. The van der Waals surface area contributed by atoms with Gasteiger partial charge in [0.15, 0.2) is 5.69 Å². The quantitative estimate of drug-likeness (QED) is 0.493. The Labute approximate surface area is 147 Å². The number of nitrogens with zero attached hydrogens (tertiary/aromatic N) is 3. The van der Waals surface area contributed by atoms with Gasteiger partial charge in [-0.2, -0.15) is 9.49 Å². The van der Waals surface area contributed by atoms with Crippen molar-refractivity contribution < 1.29 is 9.18 Å². The molecule has 1 amide bonds. The summed E-state index contributed by atoms with van der Waals surface area (Å²) in [6.07, 6.45) is 2.96. The monoisotopic (exact) mass is 350 g/mol. The minimum atomic E-state index is -0.549. The summed E-state index contributed by atoms with van der Waals surface area (Å²) in [6.45, 7) is 3.69. The zero-order valence-electron chi connectivity index (χ0n) is 14.1. The first kappa shape index (κ1) is 15.9. The molecule has 130 valence electrons. The Morgan fingerprint density at radius 3 is 2.77 bits per heavy atom. The minimum Gasteiger partial charge on any atom is -0.339 e. The number of hydrogen-bond acceptors (Lipinski definition) is 4. The Bertz CT molecular complexity index is 1130. The fraction of sp³-hybridized carbons (Fsp3) is 0.111. The molecular formula is C18H15FN6O. The van der Waals surface area contributed by atoms with Crippen LogP contribution in [0, 0.1) is 19.8 Å². The average Bonchev–Trinajstić information content (AvgIpc) is 3.18. The van der Waals surface area contributed by atoms with Crippen LogP contribution in [0.15, 0.2) is 36.7 Å². The Kier molecular flexibility index (Phi) is 3.72. The van der Waals surface area contributed by atoms with Gasteiger partial charge >= 0.3 is 0 Å². The molecule has 0 aromatic carbocycles. The molecule has 0 bridgehead atoms. The molecule has 0 spiro atoms. The number of anilines is 1. The molecule has 0 atom stereocenters. The maximum atomic E-state index is 13.3. The summed E-state index contributed by atoms with van der Waals surface area (Å²) in [5.74, 6) is -0.855.